The van der Waals surface area contributed by atoms with Gasteiger partial charge in [-0.05, 0) is 19.3 Å². The highest BCUT2D eigenvalue weighted by Crippen LogP contribution is 2.38. The van der Waals surface area contributed by atoms with Gasteiger partial charge in [-0.3, -0.25) is 9.59 Å². The molecule has 0 rings (SSSR count). The highest BCUT2D eigenvalue weighted by molar-refractivity contribution is 9.09. The molecule has 0 aromatic heterocycles. The van der Waals surface area contributed by atoms with Gasteiger partial charge in [-0.1, -0.05) is 29.8 Å². The Bertz CT molecular complexity index is 236. The predicted octanol–water partition coefficient (Wildman–Crippen LogP) is 2.51. The van der Waals surface area contributed by atoms with Crippen LogP contribution in [-0.4, -0.2) is 27.0 Å². The average Bonchev–Trinajstić information content (AvgIpc) is 2.17. The first kappa shape index (κ1) is 14.4. The second kappa shape index (κ2) is 6.10. The highest BCUT2D eigenvalue weighted by Gasteiger charge is 2.41. The van der Waals surface area contributed by atoms with Crippen molar-refractivity contribution in [3.8, 4) is 0 Å². The molecule has 0 aliphatic rings. The quantitative estimate of drug-likeness (QED) is 0.703. The van der Waals surface area contributed by atoms with E-state index >= 15 is 0 Å². The fourth-order valence-corrected chi connectivity index (χ4v) is 2.73. The van der Waals surface area contributed by atoms with Gasteiger partial charge in [0.1, 0.15) is 0 Å². The van der Waals surface area contributed by atoms with Gasteiger partial charge in [0.25, 0.3) is 0 Å². The van der Waals surface area contributed by atoms with Gasteiger partial charge in [0.15, 0.2) is 0 Å². The van der Waals surface area contributed by atoms with E-state index in [1.54, 1.807) is 0 Å². The van der Waals surface area contributed by atoms with Crippen molar-refractivity contribution < 1.29 is 19.8 Å². The fourth-order valence-electron chi connectivity index (χ4n) is 1.66. The number of hydrogen-bond donors (Lipinski definition) is 2. The van der Waals surface area contributed by atoms with Gasteiger partial charge in [-0.15, -0.1) is 0 Å². The summed E-state index contributed by atoms with van der Waals surface area (Å²) < 4.78 is 0. The molecule has 0 saturated heterocycles. The molecule has 0 saturated carbocycles. The standard InChI is InChI=1S/C10H17BrO4/c1-3-10(4-2,9(14)15)7(11)5-6-8(12)13/h7H,3-6H2,1-2H3,(H,12,13)(H,14,15). The summed E-state index contributed by atoms with van der Waals surface area (Å²) in [5.74, 6) is -1.76. The van der Waals surface area contributed by atoms with E-state index in [0.29, 0.717) is 19.3 Å². The molecule has 0 bridgehead atoms. The van der Waals surface area contributed by atoms with Crippen molar-refractivity contribution in [3.63, 3.8) is 0 Å². The van der Waals surface area contributed by atoms with Crippen molar-refractivity contribution in [1.29, 1.82) is 0 Å². The van der Waals surface area contributed by atoms with E-state index in [-0.39, 0.29) is 11.2 Å². The molecule has 1 atom stereocenters. The molecule has 2 N–H and O–H groups in total. The van der Waals surface area contributed by atoms with Gasteiger partial charge < -0.3 is 10.2 Å². The zero-order valence-electron chi connectivity index (χ0n) is 8.99. The minimum Gasteiger partial charge on any atom is -0.481 e. The summed E-state index contributed by atoms with van der Waals surface area (Å²) in [6.07, 6.45) is 1.32. The maximum absolute atomic E-state index is 11.2. The van der Waals surface area contributed by atoms with E-state index in [1.165, 1.54) is 0 Å². The second-order valence-electron chi connectivity index (χ2n) is 3.57. The minimum absolute atomic E-state index is 0.00898. The third kappa shape index (κ3) is 3.48. The summed E-state index contributed by atoms with van der Waals surface area (Å²) in [6.45, 7) is 3.62. The molecule has 5 heteroatoms. The van der Waals surface area contributed by atoms with Gasteiger partial charge in [-0.2, -0.15) is 0 Å². The summed E-state index contributed by atoms with van der Waals surface area (Å²) >= 11 is 3.31. The third-order valence-corrected chi connectivity index (χ3v) is 4.23. The van der Waals surface area contributed by atoms with E-state index in [0.717, 1.165) is 0 Å². The first-order valence-corrected chi connectivity index (χ1v) is 5.91. The van der Waals surface area contributed by atoms with Crippen LogP contribution < -0.4 is 0 Å². The number of carboxylic acid groups (broad SMARTS) is 2. The lowest BCUT2D eigenvalue weighted by molar-refractivity contribution is -0.150. The molecule has 15 heavy (non-hydrogen) atoms. The van der Waals surface area contributed by atoms with Crippen LogP contribution in [-0.2, 0) is 9.59 Å². The zero-order valence-corrected chi connectivity index (χ0v) is 10.6. The van der Waals surface area contributed by atoms with Crippen LogP contribution in [0.5, 0.6) is 0 Å². The number of halogens is 1. The number of rotatable bonds is 7. The van der Waals surface area contributed by atoms with E-state index in [9.17, 15) is 14.7 Å². The Morgan fingerprint density at radius 3 is 2.00 bits per heavy atom. The molecule has 0 aromatic rings. The van der Waals surface area contributed by atoms with E-state index in [2.05, 4.69) is 15.9 Å². The predicted molar refractivity (Wildman–Crippen MR) is 60.2 cm³/mol. The maximum Gasteiger partial charge on any atom is 0.310 e. The van der Waals surface area contributed by atoms with Crippen molar-refractivity contribution in [2.24, 2.45) is 5.41 Å². The second-order valence-corrected chi connectivity index (χ2v) is 4.67. The largest absolute Gasteiger partial charge is 0.481 e. The fraction of sp³-hybridized carbons (Fsp3) is 0.800. The molecule has 88 valence electrons. The van der Waals surface area contributed by atoms with Crippen molar-refractivity contribution >= 4 is 27.9 Å². The molecule has 0 amide bonds. The molecule has 0 fully saturated rings. The molecule has 0 radical (unpaired) electrons. The van der Waals surface area contributed by atoms with Crippen molar-refractivity contribution in [3.05, 3.63) is 0 Å². The normalized spacial score (nSPS) is 13.5. The number of carbonyl (C=O) groups is 2. The van der Waals surface area contributed by atoms with Crippen LogP contribution in [0.4, 0.5) is 0 Å². The van der Waals surface area contributed by atoms with Gasteiger partial charge in [0.2, 0.25) is 0 Å². The van der Waals surface area contributed by atoms with E-state index in [4.69, 9.17) is 5.11 Å². The molecule has 4 nitrogen and oxygen atoms in total. The SMILES string of the molecule is CCC(CC)(C(=O)O)C(Br)CCC(=O)O. The molecule has 0 spiro atoms. The molecular weight excluding hydrogens is 264 g/mol. The van der Waals surface area contributed by atoms with Gasteiger partial charge in [-0.25, -0.2) is 0 Å². The van der Waals surface area contributed by atoms with E-state index < -0.39 is 17.4 Å². The van der Waals surface area contributed by atoms with E-state index in [1.807, 2.05) is 13.8 Å². The molecule has 0 aliphatic heterocycles. The van der Waals surface area contributed by atoms with Crippen LogP contribution >= 0.6 is 15.9 Å². The minimum atomic E-state index is -0.897. The monoisotopic (exact) mass is 280 g/mol. The number of carboxylic acids is 2. The Balaban J connectivity index is 4.61. The van der Waals surface area contributed by atoms with Gasteiger partial charge in [0.05, 0.1) is 5.41 Å². The molecule has 1 unspecified atom stereocenters. The molecule has 0 aliphatic carbocycles. The van der Waals surface area contributed by atoms with Crippen LogP contribution in [0, 0.1) is 5.41 Å². The Labute approximate surface area is 97.8 Å². The lowest BCUT2D eigenvalue weighted by atomic mass is 9.78. The lowest BCUT2D eigenvalue weighted by Gasteiger charge is -2.31. The van der Waals surface area contributed by atoms with Crippen LogP contribution in [0.15, 0.2) is 0 Å². The smallest absolute Gasteiger partial charge is 0.310 e. The van der Waals surface area contributed by atoms with Crippen LogP contribution in [0.1, 0.15) is 39.5 Å². The van der Waals surface area contributed by atoms with Crippen molar-refractivity contribution in [1.82, 2.24) is 0 Å². The topological polar surface area (TPSA) is 74.6 Å². The summed E-state index contributed by atoms with van der Waals surface area (Å²) in [5, 5.41) is 17.7. The molecular formula is C10H17BrO4. The number of alkyl halides is 1. The first-order chi connectivity index (χ1) is 6.90. The molecule has 0 heterocycles. The Kier molecular flexibility index (Phi) is 5.87. The van der Waals surface area contributed by atoms with Crippen LogP contribution in [0.2, 0.25) is 0 Å². The van der Waals surface area contributed by atoms with Crippen molar-refractivity contribution in [2.45, 2.75) is 44.4 Å². The average molecular weight is 281 g/mol. The third-order valence-electron chi connectivity index (χ3n) is 2.90. The Hall–Kier alpha value is -0.580. The summed E-state index contributed by atoms with van der Waals surface area (Å²) in [7, 11) is 0. The van der Waals surface area contributed by atoms with Crippen LogP contribution in [0.25, 0.3) is 0 Å². The van der Waals surface area contributed by atoms with Gasteiger partial charge >= 0.3 is 11.9 Å². The lowest BCUT2D eigenvalue weighted by Crippen LogP contribution is -2.38. The van der Waals surface area contributed by atoms with Gasteiger partial charge in [0, 0.05) is 11.2 Å². The Morgan fingerprint density at radius 1 is 1.27 bits per heavy atom. The molecule has 0 aromatic carbocycles. The van der Waals surface area contributed by atoms with Crippen molar-refractivity contribution in [2.75, 3.05) is 0 Å². The Morgan fingerprint density at radius 2 is 1.73 bits per heavy atom. The highest BCUT2D eigenvalue weighted by atomic mass is 79.9. The summed E-state index contributed by atoms with van der Waals surface area (Å²) in [4.78, 5) is 21.3. The summed E-state index contributed by atoms with van der Waals surface area (Å²) in [6, 6.07) is 0. The van der Waals surface area contributed by atoms with Crippen LogP contribution in [0.3, 0.4) is 0 Å². The summed E-state index contributed by atoms with van der Waals surface area (Å²) in [5.41, 5.74) is -0.852. The number of aliphatic carboxylic acids is 2. The maximum atomic E-state index is 11.2. The first-order valence-electron chi connectivity index (χ1n) is 5.00. The zero-order chi connectivity index (χ0) is 12.1. The number of hydrogen-bond acceptors (Lipinski definition) is 2.